The largest absolute Gasteiger partial charge is 0.374 e. The van der Waals surface area contributed by atoms with Crippen LogP contribution in [-0.4, -0.2) is 19.9 Å². The molecule has 2 N–H and O–H groups in total. The van der Waals surface area contributed by atoms with E-state index in [9.17, 15) is 5.11 Å². The Kier molecular flexibility index (Phi) is 4.52. The number of fused-ring (bicyclic) bond motifs is 1. The Morgan fingerprint density at radius 1 is 1.17 bits per heavy atom. The van der Waals surface area contributed by atoms with Gasteiger partial charge in [-0.15, -0.1) is 0 Å². The average Bonchev–Trinajstić information content (AvgIpc) is 3.43. The van der Waals surface area contributed by atoms with Crippen LogP contribution in [0.25, 0.3) is 22.4 Å². The van der Waals surface area contributed by atoms with Crippen molar-refractivity contribution >= 4 is 0 Å². The predicted molar refractivity (Wildman–Crippen MR) is 114 cm³/mol. The first-order valence-electron chi connectivity index (χ1n) is 10.6. The SMILES string of the molecule is Cc1ccc(-c2cnn(CC3(C)CCCC3)c2)c(-c2ccc3c(c2)C(O)NC3)n1. The summed E-state index contributed by atoms with van der Waals surface area (Å²) in [6.07, 6.45) is 8.73. The maximum atomic E-state index is 10.2. The number of aliphatic hydroxyl groups is 1. The van der Waals surface area contributed by atoms with E-state index >= 15 is 0 Å². The van der Waals surface area contributed by atoms with Crippen molar-refractivity contribution < 1.29 is 5.11 Å². The van der Waals surface area contributed by atoms with E-state index in [1.807, 2.05) is 13.1 Å². The Morgan fingerprint density at radius 2 is 2.00 bits per heavy atom. The minimum absolute atomic E-state index is 0.362. The number of hydrogen-bond acceptors (Lipinski definition) is 4. The van der Waals surface area contributed by atoms with E-state index in [0.29, 0.717) is 12.0 Å². The highest BCUT2D eigenvalue weighted by Crippen LogP contribution is 2.39. The van der Waals surface area contributed by atoms with E-state index in [0.717, 1.165) is 45.7 Å². The molecule has 1 saturated carbocycles. The molecule has 0 amide bonds. The first kappa shape index (κ1) is 18.5. The fraction of sp³-hybridized carbons (Fsp3) is 0.417. The van der Waals surface area contributed by atoms with Crippen LogP contribution in [0.5, 0.6) is 0 Å². The third-order valence-electron chi connectivity index (χ3n) is 6.53. The van der Waals surface area contributed by atoms with E-state index in [4.69, 9.17) is 4.98 Å². The normalized spacial score (nSPS) is 20.2. The number of rotatable bonds is 4. The maximum Gasteiger partial charge on any atom is 0.131 e. The zero-order chi connectivity index (χ0) is 20.0. The molecule has 5 nitrogen and oxygen atoms in total. The van der Waals surface area contributed by atoms with Crippen LogP contribution in [0.1, 0.15) is 55.7 Å². The van der Waals surface area contributed by atoms with Gasteiger partial charge >= 0.3 is 0 Å². The van der Waals surface area contributed by atoms with Crippen molar-refractivity contribution in [1.82, 2.24) is 20.1 Å². The Balaban J connectivity index is 1.52. The molecule has 0 spiro atoms. The predicted octanol–water partition coefficient (Wildman–Crippen LogP) is 4.59. The van der Waals surface area contributed by atoms with Gasteiger partial charge in [0.15, 0.2) is 0 Å². The molecule has 29 heavy (non-hydrogen) atoms. The summed E-state index contributed by atoms with van der Waals surface area (Å²) in [6.45, 7) is 6.07. The summed E-state index contributed by atoms with van der Waals surface area (Å²) in [5, 5.41) is 18.0. The Hall–Kier alpha value is -2.50. The van der Waals surface area contributed by atoms with Crippen molar-refractivity contribution in [2.45, 2.75) is 58.8 Å². The number of benzene rings is 1. The van der Waals surface area contributed by atoms with Crippen molar-refractivity contribution in [1.29, 1.82) is 0 Å². The summed E-state index contributed by atoms with van der Waals surface area (Å²) >= 11 is 0. The highest BCUT2D eigenvalue weighted by Gasteiger charge is 2.29. The summed E-state index contributed by atoms with van der Waals surface area (Å²) in [5.41, 5.74) is 7.58. The van der Waals surface area contributed by atoms with Crippen LogP contribution in [0, 0.1) is 12.3 Å². The van der Waals surface area contributed by atoms with Crippen molar-refractivity contribution in [3.05, 3.63) is 59.5 Å². The van der Waals surface area contributed by atoms with E-state index in [2.05, 4.69) is 58.5 Å². The van der Waals surface area contributed by atoms with Gasteiger partial charge < -0.3 is 5.11 Å². The van der Waals surface area contributed by atoms with Crippen LogP contribution >= 0.6 is 0 Å². The maximum absolute atomic E-state index is 10.2. The molecule has 150 valence electrons. The van der Waals surface area contributed by atoms with Gasteiger partial charge in [-0.3, -0.25) is 15.0 Å². The van der Waals surface area contributed by atoms with Gasteiger partial charge in [0.25, 0.3) is 0 Å². The topological polar surface area (TPSA) is 63.0 Å². The molecule has 1 unspecified atom stereocenters. The monoisotopic (exact) mass is 388 g/mol. The van der Waals surface area contributed by atoms with Gasteiger partial charge in [0, 0.05) is 47.2 Å². The molecule has 1 aliphatic carbocycles. The van der Waals surface area contributed by atoms with E-state index < -0.39 is 6.23 Å². The van der Waals surface area contributed by atoms with Crippen LogP contribution in [0.15, 0.2) is 42.7 Å². The van der Waals surface area contributed by atoms with Crippen LogP contribution in [-0.2, 0) is 13.1 Å². The van der Waals surface area contributed by atoms with Gasteiger partial charge in [-0.25, -0.2) is 0 Å². The van der Waals surface area contributed by atoms with Crippen LogP contribution < -0.4 is 5.32 Å². The summed E-state index contributed by atoms with van der Waals surface area (Å²) in [7, 11) is 0. The second-order valence-corrected chi connectivity index (χ2v) is 8.99. The standard InChI is InChI=1S/C24H28N4O/c1-16-5-8-20(19-13-26-28(14-19)15-24(2)9-3-4-10-24)22(27-16)17-6-7-18-12-25-23(29)21(18)11-17/h5-8,11,13-14,23,25,29H,3-4,9-10,12,15H2,1-2H3. The number of nitrogens with one attached hydrogen (secondary N) is 1. The van der Waals surface area contributed by atoms with Gasteiger partial charge in [0.2, 0.25) is 0 Å². The second kappa shape index (κ2) is 7.08. The number of nitrogens with zero attached hydrogens (tertiary/aromatic N) is 3. The second-order valence-electron chi connectivity index (χ2n) is 8.99. The molecule has 1 aliphatic heterocycles. The third-order valence-corrected chi connectivity index (χ3v) is 6.53. The Labute approximate surface area is 171 Å². The van der Waals surface area contributed by atoms with E-state index in [-0.39, 0.29) is 0 Å². The molecule has 0 radical (unpaired) electrons. The summed E-state index contributed by atoms with van der Waals surface area (Å²) in [6, 6.07) is 10.4. The van der Waals surface area contributed by atoms with Crippen molar-refractivity contribution in [3.63, 3.8) is 0 Å². The van der Waals surface area contributed by atoms with Crippen molar-refractivity contribution in [2.75, 3.05) is 0 Å². The molecule has 0 saturated heterocycles. The third kappa shape index (κ3) is 3.49. The van der Waals surface area contributed by atoms with E-state index in [1.54, 1.807) is 0 Å². The van der Waals surface area contributed by atoms with Gasteiger partial charge in [-0.2, -0.15) is 5.10 Å². The molecule has 3 heterocycles. The Morgan fingerprint density at radius 3 is 2.83 bits per heavy atom. The quantitative estimate of drug-likeness (QED) is 0.686. The average molecular weight is 389 g/mol. The number of pyridine rings is 1. The summed E-state index contributed by atoms with van der Waals surface area (Å²) in [4.78, 5) is 4.86. The first-order valence-corrected chi connectivity index (χ1v) is 10.6. The zero-order valence-electron chi connectivity index (χ0n) is 17.2. The van der Waals surface area contributed by atoms with E-state index in [1.165, 1.54) is 25.7 Å². The van der Waals surface area contributed by atoms with Gasteiger partial charge in [0.05, 0.1) is 11.9 Å². The minimum atomic E-state index is -0.604. The van der Waals surface area contributed by atoms with Crippen molar-refractivity contribution in [2.24, 2.45) is 5.41 Å². The Bertz CT molecular complexity index is 1050. The summed E-state index contributed by atoms with van der Waals surface area (Å²) in [5.74, 6) is 0. The first-order chi connectivity index (χ1) is 14.0. The fourth-order valence-electron chi connectivity index (χ4n) is 4.85. The lowest BCUT2D eigenvalue weighted by Crippen LogP contribution is -2.19. The van der Waals surface area contributed by atoms with Gasteiger partial charge in [-0.05, 0) is 42.9 Å². The number of aryl methyl sites for hydroxylation is 1. The molecule has 2 aromatic heterocycles. The molecule has 5 rings (SSSR count). The van der Waals surface area contributed by atoms with Crippen LogP contribution in [0.2, 0.25) is 0 Å². The number of aliphatic hydroxyl groups excluding tert-OH is 1. The molecule has 5 heteroatoms. The minimum Gasteiger partial charge on any atom is -0.374 e. The van der Waals surface area contributed by atoms with Gasteiger partial charge in [0.1, 0.15) is 6.23 Å². The molecule has 0 bridgehead atoms. The molecule has 1 aromatic carbocycles. The lowest BCUT2D eigenvalue weighted by atomic mass is 9.89. The van der Waals surface area contributed by atoms with Crippen LogP contribution in [0.3, 0.4) is 0 Å². The molecule has 3 aromatic rings. The highest BCUT2D eigenvalue weighted by molar-refractivity contribution is 5.80. The van der Waals surface area contributed by atoms with Crippen LogP contribution in [0.4, 0.5) is 0 Å². The lowest BCUT2D eigenvalue weighted by Gasteiger charge is -2.22. The summed E-state index contributed by atoms with van der Waals surface area (Å²) < 4.78 is 2.10. The smallest absolute Gasteiger partial charge is 0.131 e. The lowest BCUT2D eigenvalue weighted by molar-refractivity contribution is 0.151. The fourth-order valence-corrected chi connectivity index (χ4v) is 4.85. The number of aromatic nitrogens is 3. The van der Waals surface area contributed by atoms with Gasteiger partial charge in [-0.1, -0.05) is 38.0 Å². The number of hydrogen-bond donors (Lipinski definition) is 2. The zero-order valence-corrected chi connectivity index (χ0v) is 17.2. The molecular formula is C24H28N4O. The highest BCUT2D eigenvalue weighted by atomic mass is 16.3. The molecular weight excluding hydrogens is 360 g/mol. The molecule has 2 aliphatic rings. The van der Waals surface area contributed by atoms with Crippen molar-refractivity contribution in [3.8, 4) is 22.4 Å². The molecule has 1 fully saturated rings. The molecule has 1 atom stereocenters.